The molecule has 0 fully saturated rings. The Morgan fingerprint density at radius 3 is 2.45 bits per heavy atom. The molecule has 0 aliphatic heterocycles. The van der Waals surface area contributed by atoms with Crippen LogP contribution in [-0.4, -0.2) is 35.8 Å². The third-order valence-corrected chi connectivity index (χ3v) is 2.84. The molecule has 5 heteroatoms. The highest BCUT2D eigenvalue weighted by molar-refractivity contribution is 5.96. The number of hydrogen-bond donors (Lipinski definition) is 2. The maximum atomic E-state index is 12.0. The maximum Gasteiger partial charge on any atom is 0.251 e. The second kappa shape index (κ2) is 7.33. The summed E-state index contributed by atoms with van der Waals surface area (Å²) in [6.07, 6.45) is 1.67. The van der Waals surface area contributed by atoms with E-state index in [1.54, 1.807) is 35.2 Å². The summed E-state index contributed by atoms with van der Waals surface area (Å²) < 4.78 is 0. The van der Waals surface area contributed by atoms with E-state index in [9.17, 15) is 9.59 Å². The largest absolute Gasteiger partial charge is 0.399 e. The Bertz CT molecular complexity index is 480. The van der Waals surface area contributed by atoms with Crippen LogP contribution in [0, 0.1) is 0 Å². The monoisotopic (exact) mass is 275 g/mol. The smallest absolute Gasteiger partial charge is 0.251 e. The van der Waals surface area contributed by atoms with E-state index in [1.807, 2.05) is 13.8 Å². The summed E-state index contributed by atoms with van der Waals surface area (Å²) >= 11 is 0. The number of rotatable bonds is 6. The second-order valence-corrected chi connectivity index (χ2v) is 4.73. The molecule has 1 aromatic carbocycles. The van der Waals surface area contributed by atoms with E-state index >= 15 is 0 Å². The van der Waals surface area contributed by atoms with Crippen LogP contribution >= 0.6 is 0 Å². The number of hydrogen-bond acceptors (Lipinski definition) is 3. The molecule has 1 rings (SSSR count). The molecule has 3 N–H and O–H groups in total. The molecule has 0 saturated carbocycles. The fourth-order valence-corrected chi connectivity index (χ4v) is 1.73. The van der Waals surface area contributed by atoms with E-state index in [-0.39, 0.29) is 24.4 Å². The number of carbonyl (C=O) groups is 2. The number of nitrogen functional groups attached to an aromatic ring is 1. The Labute approximate surface area is 119 Å². The standard InChI is InChI=1S/C15H21N3O2/c1-4-9-18(11(2)3)14(19)10-17-15(20)12-5-7-13(16)8-6-12/h4-8,11H,1,9-10,16H2,2-3H3,(H,17,20). The van der Waals surface area contributed by atoms with Gasteiger partial charge in [-0.25, -0.2) is 0 Å². The normalized spacial score (nSPS) is 10.2. The molecule has 0 aliphatic carbocycles. The molecule has 0 unspecified atom stereocenters. The Hall–Kier alpha value is -2.30. The van der Waals surface area contributed by atoms with Gasteiger partial charge < -0.3 is 16.0 Å². The van der Waals surface area contributed by atoms with E-state index in [0.29, 0.717) is 17.8 Å². The lowest BCUT2D eigenvalue weighted by molar-refractivity contribution is -0.131. The molecule has 5 nitrogen and oxygen atoms in total. The number of benzene rings is 1. The summed E-state index contributed by atoms with van der Waals surface area (Å²) in [7, 11) is 0. The lowest BCUT2D eigenvalue weighted by Gasteiger charge is -2.25. The summed E-state index contributed by atoms with van der Waals surface area (Å²) in [6, 6.07) is 6.61. The first-order chi connectivity index (χ1) is 9.45. The quantitative estimate of drug-likeness (QED) is 0.609. The van der Waals surface area contributed by atoms with Crippen LogP contribution < -0.4 is 11.1 Å². The van der Waals surface area contributed by atoms with Crippen molar-refractivity contribution >= 4 is 17.5 Å². The van der Waals surface area contributed by atoms with Gasteiger partial charge in [0.25, 0.3) is 5.91 Å². The second-order valence-electron chi connectivity index (χ2n) is 4.73. The molecule has 2 amide bonds. The molecule has 20 heavy (non-hydrogen) atoms. The minimum atomic E-state index is -0.291. The fourth-order valence-electron chi connectivity index (χ4n) is 1.73. The van der Waals surface area contributed by atoms with Crippen molar-refractivity contribution in [3.63, 3.8) is 0 Å². The molecule has 0 aromatic heterocycles. The van der Waals surface area contributed by atoms with Crippen LogP contribution in [0.2, 0.25) is 0 Å². The van der Waals surface area contributed by atoms with Gasteiger partial charge in [-0.05, 0) is 38.1 Å². The van der Waals surface area contributed by atoms with Crippen LogP contribution in [-0.2, 0) is 4.79 Å². The Morgan fingerprint density at radius 1 is 1.35 bits per heavy atom. The van der Waals surface area contributed by atoms with Crippen molar-refractivity contribution in [2.24, 2.45) is 0 Å². The van der Waals surface area contributed by atoms with Crippen LogP contribution in [0.25, 0.3) is 0 Å². The van der Waals surface area contributed by atoms with Gasteiger partial charge in [-0.15, -0.1) is 6.58 Å². The molecule has 0 aliphatic rings. The Morgan fingerprint density at radius 2 is 1.95 bits per heavy atom. The molecule has 108 valence electrons. The van der Waals surface area contributed by atoms with Gasteiger partial charge >= 0.3 is 0 Å². The van der Waals surface area contributed by atoms with Crippen molar-refractivity contribution in [3.05, 3.63) is 42.5 Å². The zero-order valence-corrected chi connectivity index (χ0v) is 11.9. The van der Waals surface area contributed by atoms with Crippen molar-refractivity contribution in [1.82, 2.24) is 10.2 Å². The lowest BCUT2D eigenvalue weighted by Crippen LogP contribution is -2.43. The van der Waals surface area contributed by atoms with Gasteiger partial charge in [-0.1, -0.05) is 6.08 Å². The number of nitrogens with zero attached hydrogens (tertiary/aromatic N) is 1. The molecular weight excluding hydrogens is 254 g/mol. The summed E-state index contributed by atoms with van der Waals surface area (Å²) in [4.78, 5) is 25.5. The first-order valence-corrected chi connectivity index (χ1v) is 6.49. The highest BCUT2D eigenvalue weighted by Gasteiger charge is 2.16. The van der Waals surface area contributed by atoms with Gasteiger partial charge in [0, 0.05) is 23.8 Å². The van der Waals surface area contributed by atoms with Crippen molar-refractivity contribution in [3.8, 4) is 0 Å². The topological polar surface area (TPSA) is 75.4 Å². The highest BCUT2D eigenvalue weighted by atomic mass is 16.2. The number of amides is 2. The van der Waals surface area contributed by atoms with Crippen molar-refractivity contribution < 1.29 is 9.59 Å². The first kappa shape index (κ1) is 15.8. The van der Waals surface area contributed by atoms with Crippen molar-refractivity contribution in [2.75, 3.05) is 18.8 Å². The molecule has 0 atom stereocenters. The number of nitrogens with two attached hydrogens (primary N) is 1. The van der Waals surface area contributed by atoms with E-state index in [0.717, 1.165) is 0 Å². The zero-order chi connectivity index (χ0) is 15.1. The minimum Gasteiger partial charge on any atom is -0.399 e. The summed E-state index contributed by atoms with van der Waals surface area (Å²) in [5.74, 6) is -0.427. The van der Waals surface area contributed by atoms with Crippen molar-refractivity contribution in [2.45, 2.75) is 19.9 Å². The first-order valence-electron chi connectivity index (χ1n) is 6.49. The van der Waals surface area contributed by atoms with Gasteiger partial charge in [-0.2, -0.15) is 0 Å². The lowest BCUT2D eigenvalue weighted by atomic mass is 10.2. The number of nitrogens with one attached hydrogen (secondary N) is 1. The van der Waals surface area contributed by atoms with Crippen LogP contribution in [0.1, 0.15) is 24.2 Å². The molecule has 0 radical (unpaired) electrons. The number of anilines is 1. The predicted molar refractivity (Wildman–Crippen MR) is 80.2 cm³/mol. The average Bonchev–Trinajstić information content (AvgIpc) is 2.42. The molecule has 0 spiro atoms. The Kier molecular flexibility index (Phi) is 5.77. The van der Waals surface area contributed by atoms with Gasteiger partial charge in [-0.3, -0.25) is 9.59 Å². The summed E-state index contributed by atoms with van der Waals surface area (Å²) in [6.45, 7) is 7.90. The fraction of sp³-hybridized carbons (Fsp3) is 0.333. The predicted octanol–water partition coefficient (Wildman–Crippen LogP) is 1.42. The molecule has 0 saturated heterocycles. The van der Waals surface area contributed by atoms with E-state index in [2.05, 4.69) is 11.9 Å². The molecule has 1 aromatic rings. The van der Waals surface area contributed by atoms with Crippen LogP contribution in [0.5, 0.6) is 0 Å². The van der Waals surface area contributed by atoms with Gasteiger partial charge in [0.15, 0.2) is 0 Å². The van der Waals surface area contributed by atoms with Gasteiger partial charge in [0.2, 0.25) is 5.91 Å². The third-order valence-electron chi connectivity index (χ3n) is 2.84. The molecule has 0 heterocycles. The zero-order valence-electron chi connectivity index (χ0n) is 11.9. The van der Waals surface area contributed by atoms with Gasteiger partial charge in [0.05, 0.1) is 6.54 Å². The summed E-state index contributed by atoms with van der Waals surface area (Å²) in [5, 5.41) is 2.61. The highest BCUT2D eigenvalue weighted by Crippen LogP contribution is 2.05. The molecule has 0 bridgehead atoms. The van der Waals surface area contributed by atoms with Crippen LogP contribution in [0.15, 0.2) is 36.9 Å². The van der Waals surface area contributed by atoms with Crippen LogP contribution in [0.4, 0.5) is 5.69 Å². The van der Waals surface area contributed by atoms with Crippen molar-refractivity contribution in [1.29, 1.82) is 0 Å². The van der Waals surface area contributed by atoms with E-state index in [4.69, 9.17) is 5.73 Å². The average molecular weight is 275 g/mol. The van der Waals surface area contributed by atoms with Crippen LogP contribution in [0.3, 0.4) is 0 Å². The van der Waals surface area contributed by atoms with Gasteiger partial charge in [0.1, 0.15) is 0 Å². The Balaban J connectivity index is 2.57. The SMILES string of the molecule is C=CCN(C(=O)CNC(=O)c1ccc(N)cc1)C(C)C. The van der Waals surface area contributed by atoms with E-state index < -0.39 is 0 Å². The molecular formula is C15H21N3O2. The minimum absolute atomic E-state index is 0.0325. The maximum absolute atomic E-state index is 12.0. The summed E-state index contributed by atoms with van der Waals surface area (Å²) in [5.41, 5.74) is 6.62. The third kappa shape index (κ3) is 4.42. The number of carbonyl (C=O) groups excluding carboxylic acids is 2. The van der Waals surface area contributed by atoms with E-state index in [1.165, 1.54) is 0 Å².